The van der Waals surface area contributed by atoms with E-state index in [9.17, 15) is 4.79 Å². The first-order valence-corrected chi connectivity index (χ1v) is 5.48. The number of carbonyl (C=O) groups is 1. The number of nitrogens with two attached hydrogens (primary N) is 1. The fourth-order valence-corrected chi connectivity index (χ4v) is 2.09. The van der Waals surface area contributed by atoms with Crippen LogP contribution < -0.4 is 5.73 Å². The molecular weight excluding hydrogens is 174 g/mol. The lowest BCUT2D eigenvalue weighted by Gasteiger charge is -2.16. The van der Waals surface area contributed by atoms with Crippen LogP contribution in [0.3, 0.4) is 0 Å². The van der Waals surface area contributed by atoms with Crippen molar-refractivity contribution in [3.05, 3.63) is 0 Å². The molecule has 1 fully saturated rings. The van der Waals surface area contributed by atoms with Crippen molar-refractivity contribution in [2.45, 2.75) is 51.0 Å². The molecule has 0 heterocycles. The van der Waals surface area contributed by atoms with Crippen molar-refractivity contribution >= 4 is 5.78 Å². The number of carbonyl (C=O) groups excluding carboxylic acids is 1. The first kappa shape index (κ1) is 11.3. The summed E-state index contributed by atoms with van der Waals surface area (Å²) < 4.78 is 0. The van der Waals surface area contributed by atoms with Gasteiger partial charge in [-0.15, -0.1) is 12.3 Å². The van der Waals surface area contributed by atoms with E-state index < -0.39 is 6.04 Å². The third kappa shape index (κ3) is 3.16. The summed E-state index contributed by atoms with van der Waals surface area (Å²) in [6.07, 6.45) is 12.4. The molecule has 2 heteroatoms. The molecule has 2 nitrogen and oxygen atoms in total. The first-order valence-electron chi connectivity index (χ1n) is 5.48. The van der Waals surface area contributed by atoms with Crippen molar-refractivity contribution in [3.8, 4) is 12.3 Å². The van der Waals surface area contributed by atoms with Gasteiger partial charge in [0, 0.05) is 12.3 Å². The van der Waals surface area contributed by atoms with Gasteiger partial charge in [0.25, 0.3) is 0 Å². The number of hydrogen-bond acceptors (Lipinski definition) is 2. The average molecular weight is 193 g/mol. The third-order valence-corrected chi connectivity index (χ3v) is 2.96. The molecule has 0 spiro atoms. The van der Waals surface area contributed by atoms with Gasteiger partial charge in [-0.1, -0.05) is 25.7 Å². The quantitative estimate of drug-likeness (QED) is 0.549. The predicted molar refractivity (Wildman–Crippen MR) is 57.6 cm³/mol. The van der Waals surface area contributed by atoms with E-state index in [1.807, 2.05) is 0 Å². The summed E-state index contributed by atoms with van der Waals surface area (Å²) in [6, 6.07) is -0.428. The molecule has 0 radical (unpaired) electrons. The van der Waals surface area contributed by atoms with Crippen LogP contribution in [0, 0.1) is 18.3 Å². The molecule has 0 aliphatic heterocycles. The van der Waals surface area contributed by atoms with Gasteiger partial charge in [-0.3, -0.25) is 4.79 Å². The van der Waals surface area contributed by atoms with E-state index in [4.69, 9.17) is 12.2 Å². The third-order valence-electron chi connectivity index (χ3n) is 2.96. The molecule has 14 heavy (non-hydrogen) atoms. The van der Waals surface area contributed by atoms with Crippen LogP contribution in [-0.4, -0.2) is 11.8 Å². The number of rotatable bonds is 3. The SMILES string of the molecule is C#CCC(N)C(=O)C1CCCCCC1. The Balaban J connectivity index is 2.45. The van der Waals surface area contributed by atoms with E-state index in [-0.39, 0.29) is 11.7 Å². The molecule has 2 N–H and O–H groups in total. The molecule has 1 aliphatic carbocycles. The van der Waals surface area contributed by atoms with Gasteiger partial charge in [-0.05, 0) is 12.8 Å². The van der Waals surface area contributed by atoms with Gasteiger partial charge in [0.1, 0.15) is 0 Å². The summed E-state index contributed by atoms with van der Waals surface area (Å²) in [4.78, 5) is 11.8. The van der Waals surface area contributed by atoms with E-state index in [1.165, 1.54) is 25.7 Å². The summed E-state index contributed by atoms with van der Waals surface area (Å²) >= 11 is 0. The van der Waals surface area contributed by atoms with Gasteiger partial charge in [0.05, 0.1) is 6.04 Å². The fourth-order valence-electron chi connectivity index (χ4n) is 2.09. The van der Waals surface area contributed by atoms with Crippen LogP contribution in [0.25, 0.3) is 0 Å². The molecule has 78 valence electrons. The zero-order valence-corrected chi connectivity index (χ0v) is 8.67. The van der Waals surface area contributed by atoms with Gasteiger partial charge in [-0.25, -0.2) is 0 Å². The van der Waals surface area contributed by atoms with Crippen LogP contribution in [0.4, 0.5) is 0 Å². The average Bonchev–Trinajstić information content (AvgIpc) is 2.45. The Morgan fingerprint density at radius 1 is 1.36 bits per heavy atom. The van der Waals surface area contributed by atoms with E-state index >= 15 is 0 Å². The maximum Gasteiger partial charge on any atom is 0.153 e. The van der Waals surface area contributed by atoms with Crippen molar-refractivity contribution in [2.75, 3.05) is 0 Å². The molecule has 0 amide bonds. The standard InChI is InChI=1S/C12H19NO/c1-2-7-11(13)12(14)10-8-5-3-4-6-9-10/h1,10-11H,3-9,13H2. The van der Waals surface area contributed by atoms with E-state index in [2.05, 4.69) is 5.92 Å². The second kappa shape index (κ2) is 5.82. The zero-order valence-electron chi connectivity index (χ0n) is 8.67. The summed E-state index contributed by atoms with van der Waals surface area (Å²) in [7, 11) is 0. The summed E-state index contributed by atoms with van der Waals surface area (Å²) in [6.45, 7) is 0. The smallest absolute Gasteiger partial charge is 0.153 e. The van der Waals surface area contributed by atoms with Gasteiger partial charge in [-0.2, -0.15) is 0 Å². The van der Waals surface area contributed by atoms with Crippen molar-refractivity contribution < 1.29 is 4.79 Å². The van der Waals surface area contributed by atoms with Crippen LogP contribution in [0.1, 0.15) is 44.9 Å². The van der Waals surface area contributed by atoms with Gasteiger partial charge >= 0.3 is 0 Å². The lowest BCUT2D eigenvalue weighted by Crippen LogP contribution is -2.35. The van der Waals surface area contributed by atoms with Crippen LogP contribution >= 0.6 is 0 Å². The highest BCUT2D eigenvalue weighted by Gasteiger charge is 2.24. The summed E-state index contributed by atoms with van der Waals surface area (Å²) in [5, 5.41) is 0. The maximum absolute atomic E-state index is 11.8. The second-order valence-corrected chi connectivity index (χ2v) is 4.11. The second-order valence-electron chi connectivity index (χ2n) is 4.11. The Labute approximate surface area is 86.2 Å². The lowest BCUT2D eigenvalue weighted by molar-refractivity contribution is -0.124. The highest BCUT2D eigenvalue weighted by Crippen LogP contribution is 2.24. The Bertz CT molecular complexity index is 221. The normalized spacial score (nSPS) is 20.9. The van der Waals surface area contributed by atoms with E-state index in [0.29, 0.717) is 6.42 Å². The molecule has 0 bridgehead atoms. The summed E-state index contributed by atoms with van der Waals surface area (Å²) in [5.41, 5.74) is 5.72. The molecule has 1 rings (SSSR count). The van der Waals surface area contributed by atoms with Gasteiger partial charge < -0.3 is 5.73 Å². The number of Topliss-reactive ketones (excluding diaryl/α,β-unsaturated/α-hetero) is 1. The van der Waals surface area contributed by atoms with Crippen molar-refractivity contribution in [3.63, 3.8) is 0 Å². The molecule has 0 aromatic rings. The van der Waals surface area contributed by atoms with E-state index in [1.54, 1.807) is 0 Å². The molecule has 1 aliphatic rings. The molecule has 1 saturated carbocycles. The fraction of sp³-hybridized carbons (Fsp3) is 0.750. The molecular formula is C12H19NO. The van der Waals surface area contributed by atoms with Gasteiger partial charge in [0.2, 0.25) is 0 Å². The Morgan fingerprint density at radius 2 is 1.93 bits per heavy atom. The summed E-state index contributed by atoms with van der Waals surface area (Å²) in [5.74, 6) is 2.82. The van der Waals surface area contributed by atoms with Crippen LogP contribution in [0.2, 0.25) is 0 Å². The van der Waals surface area contributed by atoms with Gasteiger partial charge in [0.15, 0.2) is 5.78 Å². The largest absolute Gasteiger partial charge is 0.321 e. The molecule has 1 unspecified atom stereocenters. The van der Waals surface area contributed by atoms with Crippen molar-refractivity contribution in [1.82, 2.24) is 0 Å². The van der Waals surface area contributed by atoms with Crippen LogP contribution in [0.15, 0.2) is 0 Å². The molecule has 1 atom stereocenters. The highest BCUT2D eigenvalue weighted by molar-refractivity contribution is 5.86. The zero-order chi connectivity index (χ0) is 10.4. The predicted octanol–water partition coefficient (Wildman–Crippen LogP) is 1.88. The van der Waals surface area contributed by atoms with Crippen molar-refractivity contribution in [1.29, 1.82) is 0 Å². The van der Waals surface area contributed by atoms with Crippen molar-refractivity contribution in [2.24, 2.45) is 11.7 Å². The molecule has 0 aromatic heterocycles. The first-order chi connectivity index (χ1) is 6.75. The molecule has 0 aromatic carbocycles. The maximum atomic E-state index is 11.8. The Hall–Kier alpha value is -0.810. The monoisotopic (exact) mass is 193 g/mol. The minimum Gasteiger partial charge on any atom is -0.321 e. The topological polar surface area (TPSA) is 43.1 Å². The Morgan fingerprint density at radius 3 is 2.43 bits per heavy atom. The number of ketones is 1. The number of hydrogen-bond donors (Lipinski definition) is 1. The van der Waals surface area contributed by atoms with E-state index in [0.717, 1.165) is 12.8 Å². The molecule has 0 saturated heterocycles. The Kier molecular flexibility index (Phi) is 4.69. The lowest BCUT2D eigenvalue weighted by atomic mass is 9.90. The highest BCUT2D eigenvalue weighted by atomic mass is 16.1. The minimum atomic E-state index is -0.428. The minimum absolute atomic E-state index is 0.181. The number of terminal acetylenes is 1. The van der Waals surface area contributed by atoms with Crippen LogP contribution in [-0.2, 0) is 4.79 Å². The van der Waals surface area contributed by atoms with Crippen LogP contribution in [0.5, 0.6) is 0 Å².